The Morgan fingerprint density at radius 1 is 1.20 bits per heavy atom. The summed E-state index contributed by atoms with van der Waals surface area (Å²) < 4.78 is 5.66. The third kappa shape index (κ3) is 1.80. The second-order valence-electron chi connectivity index (χ2n) is 4.17. The summed E-state index contributed by atoms with van der Waals surface area (Å²) in [6.45, 7) is 5.99. The van der Waals surface area contributed by atoms with Crippen LogP contribution in [0.4, 0.5) is 0 Å². The number of fused-ring (bicyclic) bond motifs is 1. The SMILES string of the molecule is Cc1ccc2oc(C(C)C)cc(=O)c2c1. The van der Waals surface area contributed by atoms with Crippen LogP contribution < -0.4 is 5.43 Å². The molecule has 0 saturated carbocycles. The van der Waals surface area contributed by atoms with Crippen molar-refractivity contribution < 1.29 is 4.42 Å². The Balaban J connectivity index is 2.79. The maximum atomic E-state index is 11.8. The largest absolute Gasteiger partial charge is 0.461 e. The average Bonchev–Trinajstić information content (AvgIpc) is 2.18. The van der Waals surface area contributed by atoms with Crippen LogP contribution in [0.5, 0.6) is 0 Å². The molecule has 0 spiro atoms. The average molecular weight is 202 g/mol. The molecule has 0 amide bonds. The van der Waals surface area contributed by atoms with Crippen LogP contribution in [0.25, 0.3) is 11.0 Å². The van der Waals surface area contributed by atoms with Crippen molar-refractivity contribution >= 4 is 11.0 Å². The Hall–Kier alpha value is -1.57. The molecular formula is C13H14O2. The zero-order valence-electron chi connectivity index (χ0n) is 9.20. The minimum absolute atomic E-state index is 0.0450. The quantitative estimate of drug-likeness (QED) is 0.710. The van der Waals surface area contributed by atoms with E-state index in [1.165, 1.54) is 0 Å². The molecule has 1 aromatic carbocycles. The molecule has 0 atom stereocenters. The fourth-order valence-electron chi connectivity index (χ4n) is 1.57. The summed E-state index contributed by atoms with van der Waals surface area (Å²) in [5.41, 5.74) is 1.80. The van der Waals surface area contributed by atoms with Crippen LogP contribution in [0.3, 0.4) is 0 Å². The number of hydrogen-bond donors (Lipinski definition) is 0. The highest BCUT2D eigenvalue weighted by Crippen LogP contribution is 2.18. The lowest BCUT2D eigenvalue weighted by atomic mass is 10.1. The van der Waals surface area contributed by atoms with Crippen molar-refractivity contribution in [2.24, 2.45) is 0 Å². The second-order valence-corrected chi connectivity index (χ2v) is 4.17. The van der Waals surface area contributed by atoms with E-state index in [0.29, 0.717) is 11.0 Å². The van der Waals surface area contributed by atoms with Gasteiger partial charge in [0.05, 0.1) is 5.39 Å². The van der Waals surface area contributed by atoms with E-state index in [2.05, 4.69) is 0 Å². The molecule has 1 heterocycles. The highest BCUT2D eigenvalue weighted by atomic mass is 16.3. The molecule has 2 nitrogen and oxygen atoms in total. The van der Waals surface area contributed by atoms with Crippen molar-refractivity contribution in [1.82, 2.24) is 0 Å². The van der Waals surface area contributed by atoms with Gasteiger partial charge in [-0.3, -0.25) is 4.79 Å². The summed E-state index contributed by atoms with van der Waals surface area (Å²) in [5, 5.41) is 0.666. The van der Waals surface area contributed by atoms with Crippen molar-refractivity contribution in [3.8, 4) is 0 Å². The van der Waals surface area contributed by atoms with Crippen LogP contribution in [0, 0.1) is 6.92 Å². The van der Waals surface area contributed by atoms with Crippen molar-refractivity contribution in [2.45, 2.75) is 26.7 Å². The molecule has 0 bridgehead atoms. The van der Waals surface area contributed by atoms with Crippen LogP contribution in [-0.4, -0.2) is 0 Å². The van der Waals surface area contributed by atoms with Crippen LogP contribution in [0.15, 0.2) is 33.5 Å². The highest BCUT2D eigenvalue weighted by molar-refractivity contribution is 5.77. The standard InChI is InChI=1S/C13H14O2/c1-8(2)13-7-11(14)10-6-9(3)4-5-12(10)15-13/h4-8H,1-3H3. The molecular weight excluding hydrogens is 188 g/mol. The van der Waals surface area contributed by atoms with E-state index >= 15 is 0 Å². The van der Waals surface area contributed by atoms with Crippen LogP contribution >= 0.6 is 0 Å². The van der Waals surface area contributed by atoms with E-state index in [1.54, 1.807) is 6.07 Å². The van der Waals surface area contributed by atoms with E-state index in [0.717, 1.165) is 11.3 Å². The lowest BCUT2D eigenvalue weighted by molar-refractivity contribution is 0.509. The first-order chi connectivity index (χ1) is 7.08. The minimum atomic E-state index is 0.0450. The number of rotatable bonds is 1. The number of benzene rings is 1. The first kappa shape index (κ1) is 9.97. The van der Waals surface area contributed by atoms with Gasteiger partial charge in [0.25, 0.3) is 0 Å². The van der Waals surface area contributed by atoms with Gasteiger partial charge < -0.3 is 4.42 Å². The Morgan fingerprint density at radius 3 is 2.60 bits per heavy atom. The number of hydrogen-bond acceptors (Lipinski definition) is 2. The van der Waals surface area contributed by atoms with Gasteiger partial charge in [0, 0.05) is 12.0 Å². The molecule has 78 valence electrons. The van der Waals surface area contributed by atoms with Gasteiger partial charge in [0.1, 0.15) is 11.3 Å². The smallest absolute Gasteiger partial charge is 0.192 e. The van der Waals surface area contributed by atoms with Crippen molar-refractivity contribution in [3.05, 3.63) is 45.8 Å². The van der Waals surface area contributed by atoms with Gasteiger partial charge in [-0.2, -0.15) is 0 Å². The summed E-state index contributed by atoms with van der Waals surface area (Å²) in [7, 11) is 0. The molecule has 0 aliphatic heterocycles. The summed E-state index contributed by atoms with van der Waals surface area (Å²) in [6.07, 6.45) is 0. The van der Waals surface area contributed by atoms with Gasteiger partial charge in [0.15, 0.2) is 5.43 Å². The maximum Gasteiger partial charge on any atom is 0.192 e. The lowest BCUT2D eigenvalue weighted by Gasteiger charge is -2.05. The van der Waals surface area contributed by atoms with E-state index in [9.17, 15) is 4.79 Å². The van der Waals surface area contributed by atoms with E-state index in [1.807, 2.05) is 39.0 Å². The Bertz CT molecular complexity index is 550. The van der Waals surface area contributed by atoms with E-state index in [-0.39, 0.29) is 11.3 Å². The van der Waals surface area contributed by atoms with Crippen molar-refractivity contribution in [1.29, 1.82) is 0 Å². The second kappa shape index (κ2) is 3.54. The molecule has 0 radical (unpaired) electrons. The third-order valence-corrected chi connectivity index (χ3v) is 2.47. The first-order valence-electron chi connectivity index (χ1n) is 5.12. The Labute approximate surface area is 88.5 Å². The van der Waals surface area contributed by atoms with Crippen molar-refractivity contribution in [3.63, 3.8) is 0 Å². The summed E-state index contributed by atoms with van der Waals surface area (Å²) in [6, 6.07) is 7.27. The Kier molecular flexibility index (Phi) is 2.35. The molecule has 2 rings (SSSR count). The topological polar surface area (TPSA) is 30.2 Å². The van der Waals surface area contributed by atoms with E-state index < -0.39 is 0 Å². The minimum Gasteiger partial charge on any atom is -0.461 e. The van der Waals surface area contributed by atoms with Crippen molar-refractivity contribution in [2.75, 3.05) is 0 Å². The molecule has 15 heavy (non-hydrogen) atoms. The summed E-state index contributed by atoms with van der Waals surface area (Å²) in [4.78, 5) is 11.8. The molecule has 1 aromatic heterocycles. The predicted molar refractivity (Wildman–Crippen MR) is 61.3 cm³/mol. The zero-order valence-corrected chi connectivity index (χ0v) is 9.20. The lowest BCUT2D eigenvalue weighted by Crippen LogP contribution is -2.03. The molecule has 0 aliphatic carbocycles. The maximum absolute atomic E-state index is 11.8. The molecule has 0 fully saturated rings. The molecule has 0 unspecified atom stereocenters. The molecule has 0 saturated heterocycles. The van der Waals surface area contributed by atoms with E-state index in [4.69, 9.17) is 4.42 Å². The number of aryl methyl sites for hydroxylation is 1. The van der Waals surface area contributed by atoms with Crippen LogP contribution in [0.2, 0.25) is 0 Å². The van der Waals surface area contributed by atoms with Gasteiger partial charge in [0.2, 0.25) is 0 Å². The monoisotopic (exact) mass is 202 g/mol. The summed E-state index contributed by atoms with van der Waals surface area (Å²) in [5.74, 6) is 0.986. The van der Waals surface area contributed by atoms with Gasteiger partial charge in [-0.05, 0) is 19.1 Å². The van der Waals surface area contributed by atoms with Gasteiger partial charge >= 0.3 is 0 Å². The molecule has 2 heteroatoms. The van der Waals surface area contributed by atoms with Gasteiger partial charge in [-0.15, -0.1) is 0 Å². The molecule has 0 N–H and O–H groups in total. The molecule has 2 aromatic rings. The first-order valence-corrected chi connectivity index (χ1v) is 5.12. The predicted octanol–water partition coefficient (Wildman–Crippen LogP) is 3.22. The third-order valence-electron chi connectivity index (χ3n) is 2.47. The highest BCUT2D eigenvalue weighted by Gasteiger charge is 2.07. The van der Waals surface area contributed by atoms with Gasteiger partial charge in [-0.1, -0.05) is 25.5 Å². The zero-order chi connectivity index (χ0) is 11.0. The normalized spacial score (nSPS) is 11.2. The summed E-state index contributed by atoms with van der Waals surface area (Å²) >= 11 is 0. The van der Waals surface area contributed by atoms with Crippen LogP contribution in [-0.2, 0) is 0 Å². The fraction of sp³-hybridized carbons (Fsp3) is 0.308. The molecule has 0 aliphatic rings. The fourth-order valence-corrected chi connectivity index (χ4v) is 1.57. The van der Waals surface area contributed by atoms with Crippen LogP contribution in [0.1, 0.15) is 31.1 Å². The van der Waals surface area contributed by atoms with Gasteiger partial charge in [-0.25, -0.2) is 0 Å². The Morgan fingerprint density at radius 2 is 1.93 bits per heavy atom.